The summed E-state index contributed by atoms with van der Waals surface area (Å²) in [6.07, 6.45) is 0.845. The van der Waals surface area contributed by atoms with E-state index in [9.17, 15) is 13.6 Å². The number of carboxylic acid groups (broad SMARTS) is 1. The fourth-order valence-electron chi connectivity index (χ4n) is 2.39. The summed E-state index contributed by atoms with van der Waals surface area (Å²) in [6.45, 7) is 3.63. The molecule has 0 aliphatic heterocycles. The zero-order chi connectivity index (χ0) is 16.0. The number of carboxylic acids is 1. The van der Waals surface area contributed by atoms with Crippen LogP contribution in [0.25, 0.3) is 0 Å². The molecule has 0 aromatic heterocycles. The van der Waals surface area contributed by atoms with E-state index in [4.69, 9.17) is 5.11 Å². The lowest BCUT2D eigenvalue weighted by molar-refractivity contribution is -0.138. The molecule has 0 aliphatic carbocycles. The van der Waals surface area contributed by atoms with Gasteiger partial charge >= 0.3 is 12.6 Å². The number of hydrogen-bond donors (Lipinski definition) is 1. The molecule has 0 atom stereocenters. The summed E-state index contributed by atoms with van der Waals surface area (Å²) in [7, 11) is 0. The van der Waals surface area contributed by atoms with Crippen LogP contribution in [-0.4, -0.2) is 35.7 Å². The highest BCUT2D eigenvalue weighted by atomic mass is 19.3. The van der Waals surface area contributed by atoms with Crippen molar-refractivity contribution in [3.63, 3.8) is 0 Å². The minimum absolute atomic E-state index is 0.0405. The first kappa shape index (κ1) is 17.4. The Morgan fingerprint density at radius 3 is 2.33 bits per heavy atom. The average Bonchev–Trinajstić information content (AvgIpc) is 2.33. The van der Waals surface area contributed by atoms with Crippen LogP contribution in [0.2, 0.25) is 0 Å². The Hall–Kier alpha value is -1.69. The molecule has 0 radical (unpaired) electrons. The zero-order valence-corrected chi connectivity index (χ0v) is 12.5. The predicted molar refractivity (Wildman–Crippen MR) is 75.8 cm³/mol. The molecule has 0 aliphatic rings. The standard InChI is InChI=1S/C15H21F2NO3/c1-4-5-18(9-13(19)20)8-12-6-10(2)14(11(3)7-12)21-15(16)17/h6-7,15H,4-5,8-9H2,1-3H3,(H,19,20). The molecule has 0 bridgehead atoms. The second-order valence-electron chi connectivity index (χ2n) is 5.04. The smallest absolute Gasteiger partial charge is 0.387 e. The third kappa shape index (κ3) is 5.67. The van der Waals surface area contributed by atoms with Crippen molar-refractivity contribution in [1.82, 2.24) is 4.90 Å². The van der Waals surface area contributed by atoms with Gasteiger partial charge in [-0.15, -0.1) is 0 Å². The van der Waals surface area contributed by atoms with E-state index < -0.39 is 12.6 Å². The normalized spacial score (nSPS) is 11.2. The number of ether oxygens (including phenoxy) is 1. The lowest BCUT2D eigenvalue weighted by atomic mass is 10.1. The van der Waals surface area contributed by atoms with Gasteiger partial charge < -0.3 is 9.84 Å². The molecule has 1 N–H and O–H groups in total. The van der Waals surface area contributed by atoms with Gasteiger partial charge in [0.2, 0.25) is 0 Å². The molecule has 1 rings (SSSR count). The predicted octanol–water partition coefficient (Wildman–Crippen LogP) is 3.20. The van der Waals surface area contributed by atoms with E-state index in [0.717, 1.165) is 12.0 Å². The molecule has 21 heavy (non-hydrogen) atoms. The van der Waals surface area contributed by atoms with E-state index in [1.54, 1.807) is 26.0 Å². The van der Waals surface area contributed by atoms with Crippen LogP contribution in [0.1, 0.15) is 30.0 Å². The summed E-state index contributed by atoms with van der Waals surface area (Å²) in [4.78, 5) is 12.6. The first-order valence-corrected chi connectivity index (χ1v) is 6.82. The Kier molecular flexibility index (Phi) is 6.55. The summed E-state index contributed by atoms with van der Waals surface area (Å²) in [5, 5.41) is 8.90. The molecule has 1 aromatic rings. The SMILES string of the molecule is CCCN(CC(=O)O)Cc1cc(C)c(OC(F)F)c(C)c1. The second kappa shape index (κ2) is 7.93. The molecule has 0 saturated heterocycles. The van der Waals surface area contributed by atoms with Gasteiger partial charge in [-0.05, 0) is 43.5 Å². The summed E-state index contributed by atoms with van der Waals surface area (Å²) >= 11 is 0. The van der Waals surface area contributed by atoms with E-state index >= 15 is 0 Å². The van der Waals surface area contributed by atoms with Crippen LogP contribution < -0.4 is 4.74 Å². The molecule has 1 aromatic carbocycles. The largest absolute Gasteiger partial charge is 0.480 e. The van der Waals surface area contributed by atoms with E-state index in [-0.39, 0.29) is 12.3 Å². The monoisotopic (exact) mass is 301 g/mol. The van der Waals surface area contributed by atoms with Crippen LogP contribution in [0.4, 0.5) is 8.78 Å². The van der Waals surface area contributed by atoms with E-state index in [1.807, 2.05) is 11.8 Å². The highest BCUT2D eigenvalue weighted by Gasteiger charge is 2.14. The Morgan fingerprint density at radius 2 is 1.90 bits per heavy atom. The van der Waals surface area contributed by atoms with Crippen molar-refractivity contribution in [1.29, 1.82) is 0 Å². The number of alkyl halides is 2. The van der Waals surface area contributed by atoms with Crippen molar-refractivity contribution in [3.8, 4) is 5.75 Å². The highest BCUT2D eigenvalue weighted by molar-refractivity contribution is 5.69. The number of aliphatic carboxylic acids is 1. The maximum absolute atomic E-state index is 12.3. The van der Waals surface area contributed by atoms with Crippen LogP contribution in [0.15, 0.2) is 12.1 Å². The van der Waals surface area contributed by atoms with Crippen molar-refractivity contribution in [3.05, 3.63) is 28.8 Å². The molecule has 0 spiro atoms. The van der Waals surface area contributed by atoms with Crippen molar-refractivity contribution in [2.75, 3.05) is 13.1 Å². The fourth-order valence-corrected chi connectivity index (χ4v) is 2.39. The zero-order valence-electron chi connectivity index (χ0n) is 12.5. The molecule has 6 heteroatoms. The van der Waals surface area contributed by atoms with Crippen LogP contribution in [-0.2, 0) is 11.3 Å². The van der Waals surface area contributed by atoms with E-state index in [0.29, 0.717) is 24.2 Å². The summed E-state index contributed by atoms with van der Waals surface area (Å²) < 4.78 is 29.2. The molecule has 0 unspecified atom stereocenters. The van der Waals surface area contributed by atoms with E-state index in [1.165, 1.54) is 0 Å². The number of benzene rings is 1. The molecule has 118 valence electrons. The fraction of sp³-hybridized carbons (Fsp3) is 0.533. The minimum Gasteiger partial charge on any atom is -0.480 e. The first-order chi connectivity index (χ1) is 9.83. The van der Waals surface area contributed by atoms with Gasteiger partial charge in [0.25, 0.3) is 0 Å². The van der Waals surface area contributed by atoms with Gasteiger partial charge in [0, 0.05) is 6.54 Å². The number of aryl methyl sites for hydroxylation is 2. The topological polar surface area (TPSA) is 49.8 Å². The third-order valence-corrected chi connectivity index (χ3v) is 3.03. The number of rotatable bonds is 8. The molecule has 0 heterocycles. The van der Waals surface area contributed by atoms with Gasteiger partial charge in [-0.25, -0.2) is 0 Å². The van der Waals surface area contributed by atoms with Gasteiger partial charge in [0.15, 0.2) is 0 Å². The van der Waals surface area contributed by atoms with Gasteiger partial charge in [0.1, 0.15) is 5.75 Å². The Bertz CT molecular complexity index is 469. The Balaban J connectivity index is 2.90. The Labute approximate surface area is 123 Å². The molecule has 0 saturated carbocycles. The lowest BCUT2D eigenvalue weighted by Crippen LogP contribution is -2.30. The number of nitrogens with zero attached hydrogens (tertiary/aromatic N) is 1. The first-order valence-electron chi connectivity index (χ1n) is 6.82. The second-order valence-corrected chi connectivity index (χ2v) is 5.04. The maximum Gasteiger partial charge on any atom is 0.387 e. The Morgan fingerprint density at radius 1 is 1.33 bits per heavy atom. The maximum atomic E-state index is 12.3. The van der Waals surface area contributed by atoms with Crippen molar-refractivity contribution < 1.29 is 23.4 Å². The van der Waals surface area contributed by atoms with Crippen molar-refractivity contribution in [2.24, 2.45) is 0 Å². The van der Waals surface area contributed by atoms with Gasteiger partial charge in [-0.3, -0.25) is 9.69 Å². The summed E-state index contributed by atoms with van der Waals surface area (Å²) in [6, 6.07) is 3.52. The quantitative estimate of drug-likeness (QED) is 0.801. The van der Waals surface area contributed by atoms with Crippen LogP contribution in [0.3, 0.4) is 0 Å². The molecular weight excluding hydrogens is 280 g/mol. The van der Waals surface area contributed by atoms with Gasteiger partial charge in [0.05, 0.1) is 6.54 Å². The summed E-state index contributed by atoms with van der Waals surface area (Å²) in [5.74, 6) is -0.691. The van der Waals surface area contributed by atoms with Gasteiger partial charge in [-0.1, -0.05) is 19.1 Å². The third-order valence-electron chi connectivity index (χ3n) is 3.03. The highest BCUT2D eigenvalue weighted by Crippen LogP contribution is 2.27. The van der Waals surface area contributed by atoms with Gasteiger partial charge in [-0.2, -0.15) is 8.78 Å². The molecule has 4 nitrogen and oxygen atoms in total. The molecule has 0 fully saturated rings. The van der Waals surface area contributed by atoms with Crippen molar-refractivity contribution >= 4 is 5.97 Å². The number of carbonyl (C=O) groups is 1. The van der Waals surface area contributed by atoms with E-state index in [2.05, 4.69) is 4.74 Å². The number of halogens is 2. The molecular formula is C15H21F2NO3. The van der Waals surface area contributed by atoms with Crippen molar-refractivity contribution in [2.45, 2.75) is 40.3 Å². The summed E-state index contributed by atoms with van der Waals surface area (Å²) in [5.41, 5.74) is 2.13. The molecule has 0 amide bonds. The lowest BCUT2D eigenvalue weighted by Gasteiger charge is -2.21. The number of hydrogen-bond acceptors (Lipinski definition) is 3. The minimum atomic E-state index is -2.85. The average molecular weight is 301 g/mol. The van der Waals surface area contributed by atoms with Crippen LogP contribution in [0.5, 0.6) is 5.75 Å². The van der Waals surface area contributed by atoms with Crippen LogP contribution >= 0.6 is 0 Å². The van der Waals surface area contributed by atoms with Crippen LogP contribution in [0, 0.1) is 13.8 Å².